The third-order valence-corrected chi connectivity index (χ3v) is 5.68. The van der Waals surface area contributed by atoms with Crippen molar-refractivity contribution >= 4 is 25.8 Å². The lowest BCUT2D eigenvalue weighted by Gasteiger charge is -2.13. The molecule has 1 aliphatic rings. The van der Waals surface area contributed by atoms with Gasteiger partial charge in [0.25, 0.3) is 0 Å². The zero-order chi connectivity index (χ0) is 12.6. The monoisotopic (exact) mass is 323 g/mol. The van der Waals surface area contributed by atoms with Crippen LogP contribution in [0, 0.1) is 0 Å². The van der Waals surface area contributed by atoms with Gasteiger partial charge in [-0.15, -0.1) is 5.10 Å². The average molecular weight is 324 g/mol. The van der Waals surface area contributed by atoms with Crippen molar-refractivity contribution in [2.24, 2.45) is 7.05 Å². The average Bonchev–Trinajstić information content (AvgIpc) is 2.74. The predicted octanol–water partition coefficient (Wildman–Crippen LogP) is 0.670. The standard InChI is InChI=1S/C9H14BrN3O3S/c1-6-8(3-4-16-6)17(14,15)5-7-9(10)12-13(2)11-7/h6,8H,3-5H2,1-2H3. The van der Waals surface area contributed by atoms with Crippen molar-refractivity contribution in [2.75, 3.05) is 6.61 Å². The minimum atomic E-state index is -3.24. The number of hydrogen-bond acceptors (Lipinski definition) is 5. The second kappa shape index (κ2) is 4.66. The van der Waals surface area contributed by atoms with Crippen LogP contribution in [0.3, 0.4) is 0 Å². The summed E-state index contributed by atoms with van der Waals surface area (Å²) in [6.45, 7) is 2.30. The molecule has 0 amide bonds. The molecule has 1 saturated heterocycles. The molecule has 2 atom stereocenters. The Morgan fingerprint density at radius 3 is 2.71 bits per heavy atom. The molecule has 6 nitrogen and oxygen atoms in total. The van der Waals surface area contributed by atoms with E-state index < -0.39 is 15.1 Å². The number of halogens is 1. The Kier molecular flexibility index (Phi) is 3.55. The number of ether oxygens (including phenoxy) is 1. The number of nitrogens with zero attached hydrogens (tertiary/aromatic N) is 3. The first kappa shape index (κ1) is 13.0. The minimum Gasteiger partial charge on any atom is -0.377 e. The molecule has 0 aromatic carbocycles. The van der Waals surface area contributed by atoms with Crippen molar-refractivity contribution in [3.05, 3.63) is 10.3 Å². The molecule has 0 radical (unpaired) electrons. The lowest BCUT2D eigenvalue weighted by atomic mass is 10.3. The van der Waals surface area contributed by atoms with Crippen LogP contribution in [0.1, 0.15) is 19.0 Å². The minimum absolute atomic E-state index is 0.0974. The second-order valence-corrected chi connectivity index (χ2v) is 7.11. The van der Waals surface area contributed by atoms with Crippen LogP contribution >= 0.6 is 15.9 Å². The van der Waals surface area contributed by atoms with Gasteiger partial charge in [0, 0.05) is 13.7 Å². The fourth-order valence-corrected chi connectivity index (χ4v) is 4.53. The van der Waals surface area contributed by atoms with Crippen LogP contribution in [0.25, 0.3) is 0 Å². The Labute approximate surface area is 108 Å². The third-order valence-electron chi connectivity index (χ3n) is 2.84. The van der Waals surface area contributed by atoms with Crippen molar-refractivity contribution in [3.63, 3.8) is 0 Å². The molecule has 0 N–H and O–H groups in total. The highest BCUT2D eigenvalue weighted by Crippen LogP contribution is 2.25. The van der Waals surface area contributed by atoms with Crippen molar-refractivity contribution in [3.8, 4) is 0 Å². The predicted molar refractivity (Wildman–Crippen MR) is 65.1 cm³/mol. The van der Waals surface area contributed by atoms with E-state index in [1.807, 2.05) is 0 Å². The highest BCUT2D eigenvalue weighted by atomic mass is 79.9. The normalized spacial score (nSPS) is 25.4. The van der Waals surface area contributed by atoms with Gasteiger partial charge in [-0.2, -0.15) is 9.90 Å². The van der Waals surface area contributed by atoms with Crippen molar-refractivity contribution in [2.45, 2.75) is 30.5 Å². The van der Waals surface area contributed by atoms with Gasteiger partial charge >= 0.3 is 0 Å². The van der Waals surface area contributed by atoms with Crippen LogP contribution < -0.4 is 0 Å². The van der Waals surface area contributed by atoms with Crippen molar-refractivity contribution in [1.82, 2.24) is 15.0 Å². The molecule has 1 fully saturated rings. The molecule has 0 aliphatic carbocycles. The molecule has 8 heteroatoms. The maximum atomic E-state index is 12.2. The van der Waals surface area contributed by atoms with Crippen LogP contribution in [0.2, 0.25) is 0 Å². The number of aromatic nitrogens is 3. The van der Waals surface area contributed by atoms with E-state index in [0.29, 0.717) is 23.3 Å². The lowest BCUT2D eigenvalue weighted by Crippen LogP contribution is -2.29. The van der Waals surface area contributed by atoms with E-state index in [1.54, 1.807) is 14.0 Å². The second-order valence-electron chi connectivity index (χ2n) is 4.14. The summed E-state index contributed by atoms with van der Waals surface area (Å²) in [7, 11) is -1.59. The zero-order valence-corrected chi connectivity index (χ0v) is 12.0. The van der Waals surface area contributed by atoms with Gasteiger partial charge in [-0.1, -0.05) is 0 Å². The van der Waals surface area contributed by atoms with Crippen LogP contribution in [0.15, 0.2) is 4.60 Å². The Bertz CT molecular complexity index is 514. The molecular weight excluding hydrogens is 310 g/mol. The molecule has 1 aromatic rings. The number of sulfone groups is 1. The van der Waals surface area contributed by atoms with E-state index in [9.17, 15) is 8.42 Å². The quantitative estimate of drug-likeness (QED) is 0.817. The Balaban J connectivity index is 2.20. The molecule has 2 unspecified atom stereocenters. The maximum Gasteiger partial charge on any atom is 0.161 e. The summed E-state index contributed by atoms with van der Waals surface area (Å²) in [5.74, 6) is -0.0974. The summed E-state index contributed by atoms with van der Waals surface area (Å²) in [5.41, 5.74) is 0.451. The van der Waals surface area contributed by atoms with E-state index >= 15 is 0 Å². The van der Waals surface area contributed by atoms with Gasteiger partial charge in [0.05, 0.1) is 17.1 Å². The van der Waals surface area contributed by atoms with Crippen LogP contribution in [0.5, 0.6) is 0 Å². The SMILES string of the molecule is CC1OCCC1S(=O)(=O)Cc1nn(C)nc1Br. The van der Waals surface area contributed by atoms with Gasteiger partial charge < -0.3 is 4.74 Å². The van der Waals surface area contributed by atoms with Crippen LogP contribution in [-0.2, 0) is 27.4 Å². The van der Waals surface area contributed by atoms with E-state index in [-0.39, 0.29) is 11.9 Å². The van der Waals surface area contributed by atoms with Gasteiger partial charge in [0.15, 0.2) is 14.4 Å². The summed E-state index contributed by atoms with van der Waals surface area (Å²) in [5, 5.41) is 7.56. The van der Waals surface area contributed by atoms with Gasteiger partial charge in [-0.3, -0.25) is 0 Å². The van der Waals surface area contributed by atoms with E-state index in [2.05, 4.69) is 26.1 Å². The Hall–Kier alpha value is -0.470. The maximum absolute atomic E-state index is 12.2. The fraction of sp³-hybridized carbons (Fsp3) is 0.778. The highest BCUT2D eigenvalue weighted by Gasteiger charge is 2.36. The molecule has 17 heavy (non-hydrogen) atoms. The van der Waals surface area contributed by atoms with Crippen LogP contribution in [0.4, 0.5) is 0 Å². The van der Waals surface area contributed by atoms with Crippen LogP contribution in [-0.4, -0.2) is 41.4 Å². The van der Waals surface area contributed by atoms with E-state index in [4.69, 9.17) is 4.74 Å². The number of hydrogen-bond donors (Lipinski definition) is 0. The zero-order valence-electron chi connectivity index (χ0n) is 9.63. The molecule has 96 valence electrons. The molecule has 1 aromatic heterocycles. The molecule has 2 heterocycles. The van der Waals surface area contributed by atoms with Gasteiger partial charge in [0.2, 0.25) is 0 Å². The van der Waals surface area contributed by atoms with E-state index in [1.165, 1.54) is 4.80 Å². The van der Waals surface area contributed by atoms with E-state index in [0.717, 1.165) is 0 Å². The molecule has 1 aliphatic heterocycles. The molecule has 2 rings (SSSR count). The summed E-state index contributed by atoms with van der Waals surface area (Å²) in [6.07, 6.45) is 0.317. The fourth-order valence-electron chi connectivity index (χ4n) is 1.99. The van der Waals surface area contributed by atoms with Gasteiger partial charge in [-0.25, -0.2) is 8.42 Å². The number of rotatable bonds is 3. The summed E-state index contributed by atoms with van der Waals surface area (Å²) < 4.78 is 30.2. The van der Waals surface area contributed by atoms with Crippen molar-refractivity contribution < 1.29 is 13.2 Å². The number of aryl methyl sites for hydroxylation is 1. The first-order valence-corrected chi connectivity index (χ1v) is 7.80. The first-order valence-electron chi connectivity index (χ1n) is 5.29. The highest BCUT2D eigenvalue weighted by molar-refractivity contribution is 9.10. The Morgan fingerprint density at radius 1 is 1.53 bits per heavy atom. The van der Waals surface area contributed by atoms with Crippen molar-refractivity contribution in [1.29, 1.82) is 0 Å². The van der Waals surface area contributed by atoms with Gasteiger partial charge in [0.1, 0.15) is 5.69 Å². The largest absolute Gasteiger partial charge is 0.377 e. The Morgan fingerprint density at radius 2 is 2.24 bits per heavy atom. The smallest absolute Gasteiger partial charge is 0.161 e. The third kappa shape index (κ3) is 2.69. The molecular formula is C9H14BrN3O3S. The first-order chi connectivity index (χ1) is 7.90. The summed E-state index contributed by atoms with van der Waals surface area (Å²) >= 11 is 3.20. The molecule has 0 saturated carbocycles. The summed E-state index contributed by atoms with van der Waals surface area (Å²) in [4.78, 5) is 1.35. The topological polar surface area (TPSA) is 74.1 Å². The van der Waals surface area contributed by atoms with Gasteiger partial charge in [-0.05, 0) is 29.3 Å². The molecule has 0 bridgehead atoms. The molecule has 0 spiro atoms. The lowest BCUT2D eigenvalue weighted by molar-refractivity contribution is 0.126. The summed E-state index contributed by atoms with van der Waals surface area (Å²) in [6, 6.07) is 0.